The van der Waals surface area contributed by atoms with Gasteiger partial charge in [0.1, 0.15) is 6.61 Å². The maximum Gasteiger partial charge on any atom is 0.381 e. The normalized spacial score (nSPS) is 13.7. The number of carbonyl (C=O) groups is 2. The van der Waals surface area contributed by atoms with Crippen molar-refractivity contribution in [2.45, 2.75) is 40.8 Å². The minimum absolute atomic E-state index is 0.724. The lowest BCUT2D eigenvalue weighted by molar-refractivity contribution is -0.344. The zero-order valence-corrected chi connectivity index (χ0v) is 14.5. The van der Waals surface area contributed by atoms with E-state index in [4.69, 9.17) is 34.8 Å². The van der Waals surface area contributed by atoms with E-state index in [2.05, 4.69) is 9.47 Å². The third-order valence-electron chi connectivity index (χ3n) is 2.50. The van der Waals surface area contributed by atoms with Crippen molar-refractivity contribution in [2.24, 2.45) is 0 Å². The van der Waals surface area contributed by atoms with Crippen LogP contribution < -0.4 is 0 Å². The van der Waals surface area contributed by atoms with Gasteiger partial charge < -0.3 is 9.47 Å². The monoisotopic (exact) mass is 462 g/mol. The molecule has 0 aliphatic rings. The molecule has 0 fully saturated rings. The Balaban J connectivity index is 4.59. The molecule has 0 aromatic rings. The van der Waals surface area contributed by atoms with Gasteiger partial charge in [0.05, 0.1) is 12.8 Å². The Morgan fingerprint density at radius 2 is 1.19 bits per heavy atom. The van der Waals surface area contributed by atoms with Gasteiger partial charge in [0, 0.05) is 0 Å². The molecule has 0 radical (unpaired) electrons. The van der Waals surface area contributed by atoms with Crippen LogP contribution in [0, 0.1) is 0 Å². The Morgan fingerprint density at radius 1 is 0.808 bits per heavy atom. The van der Waals surface area contributed by atoms with Gasteiger partial charge >= 0.3 is 36.1 Å². The largest absolute Gasteiger partial charge is 0.461 e. The van der Waals surface area contributed by atoms with Gasteiger partial charge in [-0.25, -0.2) is 8.78 Å². The molecule has 0 amide bonds. The third kappa shape index (κ3) is 7.10. The van der Waals surface area contributed by atoms with Crippen molar-refractivity contribution in [3.05, 3.63) is 0 Å². The van der Waals surface area contributed by atoms with Gasteiger partial charge in [-0.15, -0.1) is 0 Å². The first-order valence-electron chi connectivity index (χ1n) is 6.23. The second-order valence-corrected chi connectivity index (χ2v) is 7.16. The number of alkyl halides is 11. The highest BCUT2D eigenvalue weighted by Gasteiger charge is 2.75. The quantitative estimate of drug-likeness (QED) is 0.289. The number of hydrogen-bond donors (Lipinski definition) is 0. The van der Waals surface area contributed by atoms with Crippen LogP contribution in [-0.4, -0.2) is 53.1 Å². The molecule has 15 heteroatoms. The molecule has 154 valence electrons. The van der Waals surface area contributed by atoms with Crippen LogP contribution in [-0.2, 0) is 19.1 Å². The highest BCUT2D eigenvalue weighted by Crippen LogP contribution is 2.48. The van der Waals surface area contributed by atoms with Crippen LogP contribution in [0.2, 0.25) is 0 Å². The standard InChI is InChI=1S/C11H9Cl3F8O4/c12-9(13,14)4-26-6(24)2-1-5(23)25-3-8(17,18)11(21,22)10(19,20)7(15)16/h7H,1-4H2. The number of esters is 2. The molecular weight excluding hydrogens is 454 g/mol. The molecule has 0 saturated carbocycles. The fourth-order valence-electron chi connectivity index (χ4n) is 1.15. The van der Waals surface area contributed by atoms with Crippen LogP contribution in [0.25, 0.3) is 0 Å². The molecule has 0 aliphatic carbocycles. The van der Waals surface area contributed by atoms with Crippen molar-refractivity contribution in [1.82, 2.24) is 0 Å². The Hall–Kier alpha value is -0.750. The summed E-state index contributed by atoms with van der Waals surface area (Å²) in [6, 6.07) is 0. The van der Waals surface area contributed by atoms with E-state index in [-0.39, 0.29) is 0 Å². The molecular formula is C11H9Cl3F8O4. The SMILES string of the molecule is O=C(CCC(=O)OCC(F)(F)C(F)(F)C(F)(F)C(F)F)OCC(Cl)(Cl)Cl. The van der Waals surface area contributed by atoms with E-state index in [9.17, 15) is 44.7 Å². The first kappa shape index (κ1) is 25.2. The van der Waals surface area contributed by atoms with Crippen LogP contribution in [0.5, 0.6) is 0 Å². The summed E-state index contributed by atoms with van der Waals surface area (Å²) in [5, 5.41) is 0. The van der Waals surface area contributed by atoms with Crippen molar-refractivity contribution >= 4 is 46.7 Å². The lowest BCUT2D eigenvalue weighted by Gasteiger charge is -2.31. The summed E-state index contributed by atoms with van der Waals surface area (Å²) >= 11 is 15.7. The Morgan fingerprint density at radius 3 is 1.54 bits per heavy atom. The van der Waals surface area contributed by atoms with E-state index in [0.717, 1.165) is 0 Å². The van der Waals surface area contributed by atoms with Crippen LogP contribution >= 0.6 is 34.8 Å². The van der Waals surface area contributed by atoms with E-state index < -0.39 is 66.0 Å². The second-order valence-electron chi connectivity index (χ2n) is 4.64. The van der Waals surface area contributed by atoms with Crippen molar-refractivity contribution in [3.63, 3.8) is 0 Å². The highest BCUT2D eigenvalue weighted by molar-refractivity contribution is 6.67. The second kappa shape index (κ2) is 8.96. The lowest BCUT2D eigenvalue weighted by Crippen LogP contribution is -2.59. The molecule has 0 saturated heterocycles. The molecule has 0 aromatic heterocycles. The zero-order chi connectivity index (χ0) is 21.0. The van der Waals surface area contributed by atoms with Gasteiger partial charge in [-0.3, -0.25) is 9.59 Å². The van der Waals surface area contributed by atoms with Gasteiger partial charge in [-0.2, -0.15) is 26.3 Å². The van der Waals surface area contributed by atoms with Crippen molar-refractivity contribution in [1.29, 1.82) is 0 Å². The first-order chi connectivity index (χ1) is 11.4. The Labute approximate surface area is 155 Å². The van der Waals surface area contributed by atoms with E-state index in [1.807, 2.05) is 0 Å². The van der Waals surface area contributed by atoms with E-state index >= 15 is 0 Å². The molecule has 0 atom stereocenters. The van der Waals surface area contributed by atoms with E-state index in [0.29, 0.717) is 0 Å². The van der Waals surface area contributed by atoms with Crippen LogP contribution in [0.15, 0.2) is 0 Å². The molecule has 0 spiro atoms. The molecule has 0 bridgehead atoms. The van der Waals surface area contributed by atoms with Crippen LogP contribution in [0.3, 0.4) is 0 Å². The maximum absolute atomic E-state index is 13.1. The highest BCUT2D eigenvalue weighted by atomic mass is 35.6. The zero-order valence-electron chi connectivity index (χ0n) is 12.2. The molecule has 26 heavy (non-hydrogen) atoms. The fourth-order valence-corrected chi connectivity index (χ4v) is 1.32. The number of hydrogen-bond acceptors (Lipinski definition) is 4. The van der Waals surface area contributed by atoms with Gasteiger partial charge in [-0.05, 0) is 0 Å². The summed E-state index contributed by atoms with van der Waals surface area (Å²) < 4.78 is 107. The summed E-state index contributed by atoms with van der Waals surface area (Å²) in [5.74, 6) is -21.5. The number of halogens is 11. The summed E-state index contributed by atoms with van der Waals surface area (Å²) in [5.41, 5.74) is 0. The summed E-state index contributed by atoms with van der Waals surface area (Å²) in [6.07, 6.45) is -6.88. The van der Waals surface area contributed by atoms with Crippen molar-refractivity contribution in [2.75, 3.05) is 13.2 Å². The summed E-state index contributed by atoms with van der Waals surface area (Å²) in [7, 11) is 0. The van der Waals surface area contributed by atoms with Gasteiger partial charge in [0.25, 0.3) is 0 Å². The van der Waals surface area contributed by atoms with E-state index in [1.165, 1.54) is 0 Å². The summed E-state index contributed by atoms with van der Waals surface area (Å²) in [4.78, 5) is 22.2. The average Bonchev–Trinajstić information content (AvgIpc) is 2.47. The molecule has 0 rings (SSSR count). The number of ether oxygens (including phenoxy) is 2. The molecule has 0 aliphatic heterocycles. The Bertz CT molecular complexity index is 510. The van der Waals surface area contributed by atoms with Crippen LogP contribution in [0.4, 0.5) is 35.1 Å². The minimum atomic E-state index is -6.50. The predicted octanol–water partition coefficient (Wildman–Crippen LogP) is 4.39. The predicted molar refractivity (Wildman–Crippen MR) is 72.3 cm³/mol. The average molecular weight is 464 g/mol. The van der Waals surface area contributed by atoms with E-state index in [1.54, 1.807) is 0 Å². The molecule has 0 N–H and O–H groups in total. The first-order valence-corrected chi connectivity index (χ1v) is 7.37. The molecule has 0 aromatic carbocycles. The van der Waals surface area contributed by atoms with Gasteiger partial charge in [-0.1, -0.05) is 34.8 Å². The molecule has 0 unspecified atom stereocenters. The Kier molecular flexibility index (Phi) is 8.70. The van der Waals surface area contributed by atoms with Crippen molar-refractivity contribution < 1.29 is 54.2 Å². The van der Waals surface area contributed by atoms with Gasteiger partial charge in [0.15, 0.2) is 6.61 Å². The smallest absolute Gasteiger partial charge is 0.381 e. The van der Waals surface area contributed by atoms with Crippen molar-refractivity contribution in [3.8, 4) is 0 Å². The van der Waals surface area contributed by atoms with Crippen LogP contribution in [0.1, 0.15) is 12.8 Å². The third-order valence-corrected chi connectivity index (χ3v) is 2.82. The number of rotatable bonds is 9. The maximum atomic E-state index is 13.1. The van der Waals surface area contributed by atoms with Gasteiger partial charge in [0.2, 0.25) is 3.79 Å². The summed E-state index contributed by atoms with van der Waals surface area (Å²) in [6.45, 7) is -3.34. The fraction of sp³-hybridized carbons (Fsp3) is 0.818. The lowest BCUT2D eigenvalue weighted by atomic mass is 10.1. The molecule has 0 heterocycles. The topological polar surface area (TPSA) is 52.6 Å². The molecule has 4 nitrogen and oxygen atoms in total. The number of carbonyl (C=O) groups excluding carboxylic acids is 2. The minimum Gasteiger partial charge on any atom is -0.461 e.